The van der Waals surface area contributed by atoms with E-state index in [4.69, 9.17) is 4.74 Å². The van der Waals surface area contributed by atoms with Gasteiger partial charge in [0, 0.05) is 23.6 Å². The van der Waals surface area contributed by atoms with Gasteiger partial charge in [0.05, 0.1) is 12.0 Å². The molecule has 2 amide bonds. The molecule has 0 saturated carbocycles. The molecule has 0 aromatic carbocycles. The zero-order valence-electron chi connectivity index (χ0n) is 14.0. The van der Waals surface area contributed by atoms with Gasteiger partial charge in [0.2, 0.25) is 0 Å². The Morgan fingerprint density at radius 2 is 2.08 bits per heavy atom. The number of hydrogen-bond donors (Lipinski definition) is 0. The van der Waals surface area contributed by atoms with E-state index < -0.39 is 5.91 Å². The molecule has 9 heteroatoms. The molecule has 0 saturated heterocycles. The van der Waals surface area contributed by atoms with Crippen LogP contribution in [-0.4, -0.2) is 33.9 Å². The Morgan fingerprint density at radius 1 is 1.23 bits per heavy atom. The summed E-state index contributed by atoms with van der Waals surface area (Å²) in [4.78, 5) is 35.6. The van der Waals surface area contributed by atoms with Gasteiger partial charge in [-0.3, -0.25) is 9.59 Å². The summed E-state index contributed by atoms with van der Waals surface area (Å²) in [6, 6.07) is 5.65. The molecule has 0 bridgehead atoms. The van der Waals surface area contributed by atoms with Crippen molar-refractivity contribution in [2.75, 3.05) is 12.1 Å². The van der Waals surface area contributed by atoms with Gasteiger partial charge in [-0.2, -0.15) is 5.01 Å². The van der Waals surface area contributed by atoms with E-state index >= 15 is 0 Å². The van der Waals surface area contributed by atoms with Gasteiger partial charge in [-0.25, -0.2) is 15.0 Å². The van der Waals surface area contributed by atoms with Crippen LogP contribution in [0, 0.1) is 0 Å². The minimum Gasteiger partial charge on any atom is -0.379 e. The minimum absolute atomic E-state index is 0.362. The number of anilines is 2. The SMILES string of the molecule is COCc1ccc(N(c2ncnc3sccc23)N2C(=O)C=C(C)C2=O)s1. The second-order valence-corrected chi connectivity index (χ2v) is 7.65. The fraction of sp³-hybridized carbons (Fsp3) is 0.176. The lowest BCUT2D eigenvalue weighted by molar-refractivity contribution is -0.137. The molecule has 4 heterocycles. The fourth-order valence-corrected chi connectivity index (χ4v) is 4.41. The Balaban J connectivity index is 1.88. The highest BCUT2D eigenvalue weighted by Gasteiger charge is 2.37. The third kappa shape index (κ3) is 2.70. The van der Waals surface area contributed by atoms with E-state index in [0.717, 1.165) is 20.1 Å². The first-order valence-corrected chi connectivity index (χ1v) is 9.42. The molecular formula is C17H14N4O3S2. The van der Waals surface area contributed by atoms with Gasteiger partial charge in [0.1, 0.15) is 16.2 Å². The zero-order valence-corrected chi connectivity index (χ0v) is 15.6. The van der Waals surface area contributed by atoms with Gasteiger partial charge < -0.3 is 4.74 Å². The van der Waals surface area contributed by atoms with E-state index in [1.54, 1.807) is 19.0 Å². The van der Waals surface area contributed by atoms with Crippen molar-refractivity contribution >= 4 is 55.5 Å². The first-order valence-electron chi connectivity index (χ1n) is 7.72. The van der Waals surface area contributed by atoms with E-state index in [2.05, 4.69) is 9.97 Å². The van der Waals surface area contributed by atoms with Gasteiger partial charge in [-0.15, -0.1) is 22.7 Å². The van der Waals surface area contributed by atoms with Gasteiger partial charge in [0.25, 0.3) is 11.8 Å². The summed E-state index contributed by atoms with van der Waals surface area (Å²) in [6.07, 6.45) is 2.78. The maximum atomic E-state index is 12.6. The number of aromatic nitrogens is 2. The number of hydrogen-bond acceptors (Lipinski definition) is 8. The van der Waals surface area contributed by atoms with Crippen molar-refractivity contribution in [3.05, 3.63) is 46.4 Å². The third-order valence-corrected chi connectivity index (χ3v) is 5.72. The summed E-state index contributed by atoms with van der Waals surface area (Å²) in [5.74, 6) is -0.262. The molecule has 0 spiro atoms. The molecular weight excluding hydrogens is 372 g/mol. The van der Waals surface area contributed by atoms with Gasteiger partial charge in [-0.1, -0.05) is 0 Å². The summed E-state index contributed by atoms with van der Waals surface area (Å²) in [5, 5.41) is 6.08. The summed E-state index contributed by atoms with van der Waals surface area (Å²) in [6.45, 7) is 2.08. The second-order valence-electron chi connectivity index (χ2n) is 5.60. The molecule has 7 nitrogen and oxygen atoms in total. The molecule has 0 radical (unpaired) electrons. The second kappa shape index (κ2) is 6.60. The van der Waals surface area contributed by atoms with E-state index in [9.17, 15) is 9.59 Å². The van der Waals surface area contributed by atoms with E-state index in [-0.39, 0.29) is 5.91 Å². The van der Waals surface area contributed by atoms with Crippen LogP contribution in [0.25, 0.3) is 10.2 Å². The standard InChI is InChI=1S/C17H14N4O3S2/c1-10-7-13(22)20(17(10)23)21(14-4-3-11(26-14)8-24-2)15-12-5-6-25-16(12)19-9-18-15/h3-7,9H,8H2,1-2H3. The molecule has 0 aliphatic carbocycles. The van der Waals surface area contributed by atoms with Crippen LogP contribution in [0.1, 0.15) is 11.8 Å². The molecule has 0 fully saturated rings. The summed E-state index contributed by atoms with van der Waals surface area (Å²) < 4.78 is 5.18. The third-order valence-electron chi connectivity index (χ3n) is 3.86. The average molecular weight is 386 g/mol. The van der Waals surface area contributed by atoms with Crippen LogP contribution in [0.5, 0.6) is 0 Å². The number of imide groups is 1. The smallest absolute Gasteiger partial charge is 0.276 e. The molecule has 1 aliphatic heterocycles. The van der Waals surface area contributed by atoms with Crippen molar-refractivity contribution in [1.82, 2.24) is 15.0 Å². The van der Waals surface area contributed by atoms with Crippen molar-refractivity contribution in [2.24, 2.45) is 0 Å². The van der Waals surface area contributed by atoms with Crippen molar-refractivity contribution in [3.63, 3.8) is 0 Å². The number of carbonyl (C=O) groups is 2. The number of fused-ring (bicyclic) bond motifs is 1. The van der Waals surface area contributed by atoms with Crippen LogP contribution in [0.4, 0.5) is 10.8 Å². The lowest BCUT2D eigenvalue weighted by atomic mass is 10.3. The summed E-state index contributed by atoms with van der Waals surface area (Å²) in [5.41, 5.74) is 0.393. The number of carbonyl (C=O) groups excluding carboxylic acids is 2. The van der Waals surface area contributed by atoms with Gasteiger partial charge in [0.15, 0.2) is 5.82 Å². The maximum absolute atomic E-state index is 12.6. The molecule has 132 valence electrons. The summed E-state index contributed by atoms with van der Waals surface area (Å²) in [7, 11) is 1.62. The highest BCUT2D eigenvalue weighted by atomic mass is 32.1. The van der Waals surface area contributed by atoms with E-state index in [1.807, 2.05) is 23.6 Å². The topological polar surface area (TPSA) is 75.6 Å². The number of ether oxygens (including phenoxy) is 1. The van der Waals surface area contributed by atoms with Crippen LogP contribution >= 0.6 is 22.7 Å². The number of nitrogens with zero attached hydrogens (tertiary/aromatic N) is 4. The predicted octanol–water partition coefficient (Wildman–Crippen LogP) is 3.27. The number of thiophene rings is 2. The number of rotatable bonds is 5. The Hall–Kier alpha value is -2.62. The molecule has 0 unspecified atom stereocenters. The number of hydrazine groups is 1. The Labute approximate surface area is 157 Å². The monoisotopic (exact) mass is 386 g/mol. The van der Waals surface area contributed by atoms with Gasteiger partial charge >= 0.3 is 0 Å². The molecule has 3 aromatic heterocycles. The minimum atomic E-state index is -0.392. The van der Waals surface area contributed by atoms with Crippen LogP contribution in [0.3, 0.4) is 0 Å². The first kappa shape index (κ1) is 16.8. The molecule has 0 N–H and O–H groups in total. The lowest BCUT2D eigenvalue weighted by Gasteiger charge is -2.30. The molecule has 26 heavy (non-hydrogen) atoms. The normalized spacial score (nSPS) is 14.4. The average Bonchev–Trinajstić information content (AvgIpc) is 3.32. The molecule has 0 atom stereocenters. The fourth-order valence-electron chi connectivity index (χ4n) is 2.71. The Bertz CT molecular complexity index is 1040. The summed E-state index contributed by atoms with van der Waals surface area (Å²) >= 11 is 2.91. The lowest BCUT2D eigenvalue weighted by Crippen LogP contribution is -2.44. The van der Waals surface area contributed by atoms with Crippen molar-refractivity contribution < 1.29 is 14.3 Å². The van der Waals surface area contributed by atoms with Crippen LogP contribution in [-0.2, 0) is 20.9 Å². The van der Waals surface area contributed by atoms with Crippen LogP contribution in [0.15, 0.2) is 41.6 Å². The largest absolute Gasteiger partial charge is 0.379 e. The van der Waals surface area contributed by atoms with Crippen molar-refractivity contribution in [3.8, 4) is 0 Å². The highest BCUT2D eigenvalue weighted by molar-refractivity contribution is 7.17. The highest BCUT2D eigenvalue weighted by Crippen LogP contribution is 2.38. The quantitative estimate of drug-likeness (QED) is 0.627. The Morgan fingerprint density at radius 3 is 2.81 bits per heavy atom. The first-order chi connectivity index (χ1) is 12.6. The Kier molecular flexibility index (Phi) is 4.27. The van der Waals surface area contributed by atoms with E-state index in [0.29, 0.717) is 23.0 Å². The van der Waals surface area contributed by atoms with Crippen LogP contribution < -0.4 is 5.01 Å². The molecule has 3 aromatic rings. The van der Waals surface area contributed by atoms with Crippen molar-refractivity contribution in [1.29, 1.82) is 0 Å². The van der Waals surface area contributed by atoms with Crippen LogP contribution in [0.2, 0.25) is 0 Å². The number of methoxy groups -OCH3 is 1. The van der Waals surface area contributed by atoms with Crippen molar-refractivity contribution in [2.45, 2.75) is 13.5 Å². The molecule has 4 rings (SSSR count). The van der Waals surface area contributed by atoms with Gasteiger partial charge in [-0.05, 0) is 30.5 Å². The number of amides is 2. The zero-order chi connectivity index (χ0) is 18.3. The molecule has 1 aliphatic rings. The maximum Gasteiger partial charge on any atom is 0.276 e. The predicted molar refractivity (Wildman–Crippen MR) is 100 cm³/mol. The van der Waals surface area contributed by atoms with E-state index in [1.165, 1.54) is 35.1 Å².